The van der Waals surface area contributed by atoms with E-state index in [4.69, 9.17) is 11.5 Å². The molecule has 0 bridgehead atoms. The number of nitrogens with two attached hydrogens (primary N) is 2. The second-order valence-corrected chi connectivity index (χ2v) is 3.36. The van der Waals surface area contributed by atoms with Crippen LogP contribution in [0, 0.1) is 0 Å². The monoisotopic (exact) mass is 186 g/mol. The number of fused-ring (bicyclic) bond motifs is 2. The zero-order chi connectivity index (χ0) is 9.71. The first kappa shape index (κ1) is 7.32. The van der Waals surface area contributed by atoms with E-state index < -0.39 is 0 Å². The van der Waals surface area contributed by atoms with Gasteiger partial charge in [0.25, 0.3) is 0 Å². The van der Waals surface area contributed by atoms with Gasteiger partial charge >= 0.3 is 0 Å². The molecule has 0 amide bonds. The van der Waals surface area contributed by atoms with Crippen molar-refractivity contribution in [3.63, 3.8) is 0 Å². The average molecular weight is 186 g/mol. The first-order valence-corrected chi connectivity index (χ1v) is 4.40. The van der Waals surface area contributed by atoms with E-state index in [1.54, 1.807) is 0 Å². The Bertz CT molecular complexity index is 515. The van der Waals surface area contributed by atoms with Crippen LogP contribution >= 0.6 is 0 Å². The Labute approximate surface area is 79.9 Å². The molecule has 0 saturated carbocycles. The molecule has 0 fully saturated rings. The van der Waals surface area contributed by atoms with Gasteiger partial charge in [-0.15, -0.1) is 0 Å². The first-order chi connectivity index (χ1) is 6.79. The van der Waals surface area contributed by atoms with Gasteiger partial charge in [-0.3, -0.25) is 0 Å². The van der Waals surface area contributed by atoms with E-state index in [-0.39, 0.29) is 0 Å². The quantitative estimate of drug-likeness (QED) is 0.319. The number of nitrogen functional groups attached to an aromatic ring is 2. The number of nitrogens with one attached hydrogen (secondary N) is 2. The van der Waals surface area contributed by atoms with Crippen molar-refractivity contribution in [2.45, 2.75) is 0 Å². The number of rotatable bonds is 0. The zero-order valence-corrected chi connectivity index (χ0v) is 7.46. The Kier molecular flexibility index (Phi) is 1.16. The molecule has 4 heteroatoms. The number of hydrogen-bond acceptors (Lipinski definition) is 2. The van der Waals surface area contributed by atoms with Crippen molar-refractivity contribution in [3.05, 3.63) is 24.5 Å². The van der Waals surface area contributed by atoms with Gasteiger partial charge in [0, 0.05) is 23.2 Å². The summed E-state index contributed by atoms with van der Waals surface area (Å²) in [6, 6.07) is 3.88. The first-order valence-electron chi connectivity index (χ1n) is 4.40. The largest absolute Gasteiger partial charge is 0.398 e. The van der Waals surface area contributed by atoms with E-state index in [9.17, 15) is 0 Å². The Morgan fingerprint density at radius 1 is 0.786 bits per heavy atom. The highest BCUT2D eigenvalue weighted by atomic mass is 14.8. The molecule has 70 valence electrons. The minimum Gasteiger partial charge on any atom is -0.398 e. The highest BCUT2D eigenvalue weighted by Gasteiger charge is 2.10. The van der Waals surface area contributed by atoms with Crippen molar-refractivity contribution in [3.8, 4) is 0 Å². The summed E-state index contributed by atoms with van der Waals surface area (Å²) in [6.45, 7) is 0. The SMILES string of the molecule is Nc1c2cc[nH]c2c(N)c2[nH]ccc12. The van der Waals surface area contributed by atoms with E-state index in [2.05, 4.69) is 9.97 Å². The van der Waals surface area contributed by atoms with E-state index in [0.717, 1.165) is 33.2 Å². The molecule has 2 heterocycles. The van der Waals surface area contributed by atoms with Crippen molar-refractivity contribution < 1.29 is 0 Å². The molecule has 6 N–H and O–H groups in total. The standard InChI is InChI=1S/C10H10N4/c11-7-5-1-3-13-9(5)8(12)10-6(7)2-4-14-10/h1-4,13-14H,11-12H2. The maximum Gasteiger partial charge on any atom is 0.0806 e. The van der Waals surface area contributed by atoms with Gasteiger partial charge in [-0.1, -0.05) is 0 Å². The van der Waals surface area contributed by atoms with Crippen molar-refractivity contribution in [2.24, 2.45) is 0 Å². The number of aromatic amines is 2. The van der Waals surface area contributed by atoms with Crippen LogP contribution in [0.2, 0.25) is 0 Å². The maximum atomic E-state index is 6.02. The highest BCUT2D eigenvalue weighted by molar-refractivity contribution is 6.16. The summed E-state index contributed by atoms with van der Waals surface area (Å²) >= 11 is 0. The predicted molar refractivity (Wildman–Crippen MR) is 59.0 cm³/mol. The predicted octanol–water partition coefficient (Wildman–Crippen LogP) is 1.81. The van der Waals surface area contributed by atoms with Gasteiger partial charge in [0.1, 0.15) is 0 Å². The van der Waals surface area contributed by atoms with Gasteiger partial charge < -0.3 is 21.4 Å². The third-order valence-electron chi connectivity index (χ3n) is 2.61. The van der Waals surface area contributed by atoms with Gasteiger partial charge in [-0.25, -0.2) is 0 Å². The minimum absolute atomic E-state index is 0.721. The second kappa shape index (κ2) is 2.23. The molecule has 3 aromatic rings. The fourth-order valence-electron chi connectivity index (χ4n) is 1.90. The molecule has 4 nitrogen and oxygen atoms in total. The van der Waals surface area contributed by atoms with E-state index in [0.29, 0.717) is 0 Å². The summed E-state index contributed by atoms with van der Waals surface area (Å²) in [5.41, 5.74) is 15.3. The topological polar surface area (TPSA) is 83.6 Å². The Balaban J connectivity index is 2.72. The van der Waals surface area contributed by atoms with Crippen LogP contribution < -0.4 is 11.5 Å². The van der Waals surface area contributed by atoms with Crippen LogP contribution in [0.1, 0.15) is 0 Å². The van der Waals surface area contributed by atoms with Crippen LogP contribution in [0.25, 0.3) is 21.8 Å². The number of benzene rings is 1. The molecule has 3 rings (SSSR count). The lowest BCUT2D eigenvalue weighted by molar-refractivity contribution is 1.46. The summed E-state index contributed by atoms with van der Waals surface area (Å²) in [5.74, 6) is 0. The smallest absolute Gasteiger partial charge is 0.0806 e. The molecule has 0 spiro atoms. The fourth-order valence-corrected chi connectivity index (χ4v) is 1.90. The summed E-state index contributed by atoms with van der Waals surface area (Å²) in [7, 11) is 0. The number of hydrogen-bond donors (Lipinski definition) is 4. The van der Waals surface area contributed by atoms with Crippen LogP contribution in [-0.2, 0) is 0 Å². The van der Waals surface area contributed by atoms with Gasteiger partial charge in [0.05, 0.1) is 22.4 Å². The number of H-pyrrole nitrogens is 2. The second-order valence-electron chi connectivity index (χ2n) is 3.36. The van der Waals surface area contributed by atoms with Crippen LogP contribution in [0.5, 0.6) is 0 Å². The molecule has 0 atom stereocenters. The van der Waals surface area contributed by atoms with Crippen molar-refractivity contribution in [1.82, 2.24) is 9.97 Å². The van der Waals surface area contributed by atoms with Crippen molar-refractivity contribution in [2.75, 3.05) is 11.5 Å². The normalized spacial score (nSPS) is 11.4. The molecule has 1 aromatic carbocycles. The summed E-state index contributed by atoms with van der Waals surface area (Å²) < 4.78 is 0. The lowest BCUT2D eigenvalue weighted by atomic mass is 10.1. The number of anilines is 2. The maximum absolute atomic E-state index is 6.02. The number of aromatic nitrogens is 2. The summed E-state index contributed by atoms with van der Waals surface area (Å²) in [6.07, 6.45) is 3.69. The lowest BCUT2D eigenvalue weighted by Gasteiger charge is -2.03. The zero-order valence-electron chi connectivity index (χ0n) is 7.46. The molecule has 0 aliphatic carbocycles. The highest BCUT2D eigenvalue weighted by Crippen LogP contribution is 2.34. The molecular formula is C10H10N4. The molecule has 0 aliphatic rings. The molecule has 0 saturated heterocycles. The van der Waals surface area contributed by atoms with Gasteiger partial charge in [-0.2, -0.15) is 0 Å². The van der Waals surface area contributed by atoms with Crippen LogP contribution in [0.3, 0.4) is 0 Å². The molecule has 14 heavy (non-hydrogen) atoms. The Morgan fingerprint density at radius 3 is 1.79 bits per heavy atom. The molecule has 0 aliphatic heterocycles. The van der Waals surface area contributed by atoms with Gasteiger partial charge in [0.2, 0.25) is 0 Å². The van der Waals surface area contributed by atoms with Gasteiger partial charge in [0.15, 0.2) is 0 Å². The summed E-state index contributed by atoms with van der Waals surface area (Å²) in [4.78, 5) is 6.17. The molecular weight excluding hydrogens is 176 g/mol. The van der Waals surface area contributed by atoms with Crippen LogP contribution in [-0.4, -0.2) is 9.97 Å². The fraction of sp³-hybridized carbons (Fsp3) is 0. The van der Waals surface area contributed by atoms with E-state index >= 15 is 0 Å². The molecule has 2 aromatic heterocycles. The van der Waals surface area contributed by atoms with Crippen molar-refractivity contribution in [1.29, 1.82) is 0 Å². The van der Waals surface area contributed by atoms with Crippen LogP contribution in [0.4, 0.5) is 11.4 Å². The van der Waals surface area contributed by atoms with E-state index in [1.165, 1.54) is 0 Å². The van der Waals surface area contributed by atoms with E-state index in [1.807, 2.05) is 24.5 Å². The Morgan fingerprint density at radius 2 is 1.29 bits per heavy atom. The Hall–Kier alpha value is -2.10. The average Bonchev–Trinajstić information content (AvgIpc) is 2.82. The minimum atomic E-state index is 0.721. The van der Waals surface area contributed by atoms with Gasteiger partial charge in [-0.05, 0) is 12.1 Å². The lowest BCUT2D eigenvalue weighted by Crippen LogP contribution is -1.93. The van der Waals surface area contributed by atoms with Crippen LogP contribution in [0.15, 0.2) is 24.5 Å². The third kappa shape index (κ3) is 0.682. The third-order valence-corrected chi connectivity index (χ3v) is 2.61. The molecule has 0 radical (unpaired) electrons. The molecule has 0 unspecified atom stereocenters. The summed E-state index contributed by atoms with van der Waals surface area (Å²) in [5, 5.41) is 1.96. The van der Waals surface area contributed by atoms with Crippen molar-refractivity contribution >= 4 is 33.2 Å².